The summed E-state index contributed by atoms with van der Waals surface area (Å²) in [5, 5.41) is 13.8. The van der Waals surface area contributed by atoms with Gasteiger partial charge in [-0.1, -0.05) is 134 Å². The van der Waals surface area contributed by atoms with Gasteiger partial charge in [0.1, 0.15) is 29.4 Å². The lowest BCUT2D eigenvalue weighted by Crippen LogP contribution is -2.41. The first-order valence-electron chi connectivity index (χ1n) is 26.7. The Labute approximate surface area is 476 Å². The second kappa shape index (κ2) is 28.6. The second-order valence-corrected chi connectivity index (χ2v) is 29.4. The number of nitrogens with zero attached hydrogens (tertiary/aromatic N) is 5. The molecule has 0 radical (unpaired) electrons. The Morgan fingerprint density at radius 1 is 0.692 bits per heavy atom. The highest BCUT2D eigenvalue weighted by Crippen LogP contribution is 2.36. The lowest BCUT2D eigenvalue weighted by atomic mass is 9.96. The molecule has 0 aliphatic carbocycles. The van der Waals surface area contributed by atoms with Crippen LogP contribution in [0.4, 0.5) is 0 Å². The average Bonchev–Trinajstić information content (AvgIpc) is 3.96. The number of aromatic nitrogens is 4. The summed E-state index contributed by atoms with van der Waals surface area (Å²) in [4.78, 5) is 47.1. The molecule has 0 aliphatic rings. The van der Waals surface area contributed by atoms with E-state index >= 15 is 0 Å². The fourth-order valence-electron chi connectivity index (χ4n) is 8.02. The van der Waals surface area contributed by atoms with Gasteiger partial charge in [0.25, 0.3) is 0 Å². The minimum Gasteiger partial charge on any atom is -0.489 e. The fraction of sp³-hybridized carbons (Fsp3) is 0.468. The van der Waals surface area contributed by atoms with Gasteiger partial charge in [-0.25, -0.2) is 9.97 Å². The van der Waals surface area contributed by atoms with Crippen molar-refractivity contribution in [3.05, 3.63) is 141 Å². The molecule has 0 amide bonds. The number of halogens is 2. The van der Waals surface area contributed by atoms with Crippen molar-refractivity contribution in [3.63, 3.8) is 0 Å². The molecular weight excluding hydrogens is 1040 g/mol. The molecule has 0 unspecified atom stereocenters. The molecule has 0 fully saturated rings. The first kappa shape index (κ1) is 65.1. The van der Waals surface area contributed by atoms with Crippen molar-refractivity contribution in [2.75, 3.05) is 32.8 Å². The van der Waals surface area contributed by atoms with Gasteiger partial charge in [-0.15, -0.1) is 0 Å². The van der Waals surface area contributed by atoms with Crippen LogP contribution in [0.25, 0.3) is 22.5 Å². The summed E-state index contributed by atoms with van der Waals surface area (Å²) in [7, 11) is 2.40. The maximum absolute atomic E-state index is 12.9. The molecule has 0 spiro atoms. The highest BCUT2D eigenvalue weighted by Gasteiger charge is 2.37. The molecule has 2 aromatic heterocycles. The number of aliphatic hydroxyl groups excluding tert-OH is 1. The summed E-state index contributed by atoms with van der Waals surface area (Å²) < 4.78 is 20.9. The monoisotopic (exact) mass is 1120 g/mol. The number of hydrogen-bond donors (Lipinski definition) is 2. The molecule has 0 atom stereocenters. The number of Topliss-reactive ketones (excluding diaryl/α,β-unsaturated/α-hetero) is 2. The number of carbonyl (C=O) groups excluding carboxylic acids is 3. The minimum atomic E-state index is -1.66. The predicted octanol–water partition coefficient (Wildman–Crippen LogP) is 13.5. The van der Waals surface area contributed by atoms with Crippen LogP contribution in [0.15, 0.2) is 97.3 Å². The normalized spacial score (nSPS) is 12.0. The molecule has 78 heavy (non-hydrogen) atoms. The fourth-order valence-corrected chi connectivity index (χ4v) is 9.38. The van der Waals surface area contributed by atoms with Gasteiger partial charge < -0.3 is 38.3 Å². The predicted molar refractivity (Wildman–Crippen MR) is 321 cm³/mol. The van der Waals surface area contributed by atoms with Crippen molar-refractivity contribution < 1.29 is 33.4 Å². The molecular formula is C62H86Cl2N6O7Si. The van der Waals surface area contributed by atoms with Gasteiger partial charge in [0.05, 0.1) is 59.9 Å². The molecule has 0 saturated heterocycles. The van der Waals surface area contributed by atoms with Crippen LogP contribution < -0.4 is 14.8 Å². The van der Waals surface area contributed by atoms with Crippen LogP contribution in [0.1, 0.15) is 134 Å². The Balaban J connectivity index is 0.000000283. The third-order valence-electron chi connectivity index (χ3n) is 12.9. The smallest absolute Gasteiger partial charge is 0.192 e. The average molecular weight is 1130 g/mol. The van der Waals surface area contributed by atoms with E-state index in [0.717, 1.165) is 51.6 Å². The number of aldehydes is 1. The molecule has 6 aromatic rings. The topological polar surface area (TPSA) is 150 Å². The van der Waals surface area contributed by atoms with Crippen LogP contribution in [0, 0.1) is 0 Å². The van der Waals surface area contributed by atoms with Crippen LogP contribution >= 0.6 is 23.2 Å². The zero-order valence-corrected chi connectivity index (χ0v) is 51.8. The van der Waals surface area contributed by atoms with Crippen LogP contribution in [-0.4, -0.2) is 100 Å². The number of imidazole rings is 2. The first-order valence-corrected chi connectivity index (χ1v) is 30.4. The molecule has 424 valence electrons. The summed E-state index contributed by atoms with van der Waals surface area (Å²) in [6.07, 6.45) is 4.96. The molecule has 16 heteroatoms. The van der Waals surface area contributed by atoms with E-state index in [1.165, 1.54) is 0 Å². The van der Waals surface area contributed by atoms with Gasteiger partial charge in [0, 0.05) is 79.2 Å². The van der Waals surface area contributed by atoms with Gasteiger partial charge >= 0.3 is 0 Å². The standard InChI is InChI=1S/C28H36ClN3O3.C26H32ClN3O2.C8H18O2Si/c1-19(2)35-26-12-11-22(15-23(26)29)25(34)18-32(13-14-33)16-20-7-9-21(10-8-20)24-17-31(6)27(30-24)28(3,4)5;1-17(2)32-24-12-11-20(13-21(24)27)23(31)15-28-14-18-7-9-19(10-8-18)22-16-30(6)25(29-22)26(3,4)5;1-8(2,3)11(4,5)10-7-6-9/h7-12,15,17,19,33H,13-14,16,18H2,1-6H3;7-13,16-17,28H,14-15H2,1-6H3;6H,7H2,1-5H3. The third-order valence-corrected chi connectivity index (χ3v) is 18.0. The molecule has 0 aliphatic heterocycles. The van der Waals surface area contributed by atoms with E-state index in [1.54, 1.807) is 36.4 Å². The van der Waals surface area contributed by atoms with Crippen molar-refractivity contribution in [2.24, 2.45) is 14.1 Å². The molecule has 2 N–H and O–H groups in total. The van der Waals surface area contributed by atoms with Crippen molar-refractivity contribution in [3.8, 4) is 34.0 Å². The lowest BCUT2D eigenvalue weighted by molar-refractivity contribution is -0.109. The van der Waals surface area contributed by atoms with Crippen molar-refractivity contribution in [2.45, 2.75) is 144 Å². The number of ketones is 2. The number of ether oxygens (including phenoxy) is 2. The molecule has 0 saturated carbocycles. The number of aryl methyl sites for hydroxylation is 2. The summed E-state index contributed by atoms with van der Waals surface area (Å²) in [6, 6.07) is 26.7. The molecule has 2 heterocycles. The van der Waals surface area contributed by atoms with E-state index in [2.05, 4.69) is 139 Å². The van der Waals surface area contributed by atoms with E-state index in [4.69, 9.17) is 47.1 Å². The Hall–Kier alpha value is -5.45. The molecule has 0 bridgehead atoms. The largest absolute Gasteiger partial charge is 0.489 e. The van der Waals surface area contributed by atoms with Gasteiger partial charge in [0.2, 0.25) is 0 Å². The third kappa shape index (κ3) is 19.7. The van der Waals surface area contributed by atoms with Gasteiger partial charge in [0.15, 0.2) is 19.9 Å². The summed E-state index contributed by atoms with van der Waals surface area (Å²) >= 11 is 12.6. The van der Waals surface area contributed by atoms with Gasteiger partial charge in [-0.05, 0) is 93.4 Å². The van der Waals surface area contributed by atoms with E-state index in [0.29, 0.717) is 52.3 Å². The molecule has 4 aromatic carbocycles. The molecule has 6 rings (SSSR count). The number of carbonyl (C=O) groups is 3. The van der Waals surface area contributed by atoms with E-state index in [1.807, 2.05) is 58.8 Å². The minimum absolute atomic E-state index is 0.00121. The zero-order valence-electron chi connectivity index (χ0n) is 49.3. The zero-order chi connectivity index (χ0) is 58.3. The van der Waals surface area contributed by atoms with Gasteiger partial charge in [-0.3, -0.25) is 14.5 Å². The summed E-state index contributed by atoms with van der Waals surface area (Å²) in [5.41, 5.74) is 7.24. The molecule has 13 nitrogen and oxygen atoms in total. The second-order valence-electron chi connectivity index (χ2n) is 23.8. The van der Waals surface area contributed by atoms with E-state index in [9.17, 15) is 19.5 Å². The highest BCUT2D eigenvalue weighted by molar-refractivity contribution is 6.74. The Bertz CT molecular complexity index is 2890. The van der Waals surface area contributed by atoms with Crippen molar-refractivity contribution >= 4 is 49.4 Å². The number of aliphatic hydroxyl groups is 1. The number of rotatable bonds is 21. The van der Waals surface area contributed by atoms with Crippen LogP contribution in [0.2, 0.25) is 28.2 Å². The SMILES string of the molecule is CC(C)(C)[Si](C)(C)OCC=O.CC(C)Oc1ccc(C(=O)CN(CCO)Cc2ccc(-c3cn(C)c(C(C)(C)C)n3)cc2)cc1Cl.CC(C)Oc1ccc(C(=O)CNCc2ccc(-c3cn(C)c(C(C)(C)C)n3)cc2)cc1Cl. The van der Waals surface area contributed by atoms with E-state index in [-0.39, 0.29) is 65.9 Å². The maximum atomic E-state index is 12.9. The van der Waals surface area contributed by atoms with Crippen molar-refractivity contribution in [1.29, 1.82) is 0 Å². The number of benzene rings is 4. The van der Waals surface area contributed by atoms with E-state index < -0.39 is 8.32 Å². The Morgan fingerprint density at radius 2 is 1.13 bits per heavy atom. The maximum Gasteiger partial charge on any atom is 0.192 e. The Morgan fingerprint density at radius 3 is 1.50 bits per heavy atom. The highest BCUT2D eigenvalue weighted by atomic mass is 35.5. The van der Waals surface area contributed by atoms with Crippen LogP contribution in [-0.2, 0) is 47.2 Å². The summed E-state index contributed by atoms with van der Waals surface area (Å²) in [6.45, 7) is 33.6. The van der Waals surface area contributed by atoms with Gasteiger partial charge in [-0.2, -0.15) is 0 Å². The Kier molecular flexibility index (Phi) is 23.9. The quantitative estimate of drug-likeness (QED) is 0.0403. The summed E-state index contributed by atoms with van der Waals surface area (Å²) in [5.74, 6) is 3.18. The first-order chi connectivity index (χ1) is 36.3. The number of nitrogens with one attached hydrogen (secondary N) is 1. The van der Waals surface area contributed by atoms with Crippen LogP contribution in [0.3, 0.4) is 0 Å². The van der Waals surface area contributed by atoms with Crippen molar-refractivity contribution in [1.82, 2.24) is 29.3 Å². The van der Waals surface area contributed by atoms with Crippen LogP contribution in [0.5, 0.6) is 11.5 Å². The number of hydrogen-bond acceptors (Lipinski definition) is 11. The lowest BCUT2D eigenvalue weighted by Gasteiger charge is -2.35.